The van der Waals surface area contributed by atoms with Crippen LogP contribution >= 0.6 is 11.6 Å². The second-order valence-electron chi connectivity index (χ2n) is 14.2. The SMILES string of the molecule is CC(=O)Nc1ccc(C=CC(=O)N(Cc2ccc(N3CCN(C(C)=O)CC3)cc2)C(Cc2ccccc2)C(=O)N2CCN(Cc3ccc(Cl)cc3)CC2)cc1. The highest BCUT2D eigenvalue weighted by molar-refractivity contribution is 6.30. The zero-order valence-electron chi connectivity index (χ0n) is 31.6. The molecule has 4 aromatic rings. The maximum atomic E-state index is 14.7. The molecule has 2 saturated heterocycles. The number of carbonyl (C=O) groups is 4. The van der Waals surface area contributed by atoms with E-state index in [1.54, 1.807) is 30.0 Å². The number of anilines is 2. The molecule has 1 unspecified atom stereocenters. The first-order valence-electron chi connectivity index (χ1n) is 18.9. The molecule has 286 valence electrons. The predicted octanol–water partition coefficient (Wildman–Crippen LogP) is 5.96. The number of amides is 4. The fraction of sp³-hybridized carbons (Fsp3) is 0.318. The Morgan fingerprint density at radius 1 is 0.709 bits per heavy atom. The van der Waals surface area contributed by atoms with Crippen LogP contribution in [0.4, 0.5) is 11.4 Å². The summed E-state index contributed by atoms with van der Waals surface area (Å²) < 4.78 is 0. The molecule has 0 aliphatic carbocycles. The van der Waals surface area contributed by atoms with E-state index in [-0.39, 0.29) is 30.2 Å². The first-order valence-corrected chi connectivity index (χ1v) is 19.2. The molecule has 1 atom stereocenters. The van der Waals surface area contributed by atoms with Crippen LogP contribution in [0.1, 0.15) is 36.1 Å². The maximum absolute atomic E-state index is 14.7. The van der Waals surface area contributed by atoms with Crippen LogP contribution in [0, 0.1) is 0 Å². The van der Waals surface area contributed by atoms with E-state index in [1.807, 2.05) is 88.7 Å². The van der Waals surface area contributed by atoms with Gasteiger partial charge in [0.15, 0.2) is 0 Å². The van der Waals surface area contributed by atoms with E-state index in [1.165, 1.54) is 18.6 Å². The number of hydrogen-bond acceptors (Lipinski definition) is 6. The van der Waals surface area contributed by atoms with Crippen molar-refractivity contribution in [1.29, 1.82) is 0 Å². The monoisotopic (exact) mass is 760 g/mol. The van der Waals surface area contributed by atoms with E-state index >= 15 is 0 Å². The summed E-state index contributed by atoms with van der Waals surface area (Å²) in [6.45, 7) is 9.49. The lowest BCUT2D eigenvalue weighted by atomic mass is 10.0. The van der Waals surface area contributed by atoms with E-state index < -0.39 is 6.04 Å². The van der Waals surface area contributed by atoms with Gasteiger partial charge in [-0.15, -0.1) is 0 Å². The Kier molecular flexibility index (Phi) is 13.4. The molecule has 55 heavy (non-hydrogen) atoms. The van der Waals surface area contributed by atoms with Gasteiger partial charge in [-0.2, -0.15) is 0 Å². The smallest absolute Gasteiger partial charge is 0.247 e. The third-order valence-electron chi connectivity index (χ3n) is 10.2. The van der Waals surface area contributed by atoms with Gasteiger partial charge in [0.2, 0.25) is 23.6 Å². The fourth-order valence-corrected chi connectivity index (χ4v) is 7.25. The Balaban J connectivity index is 1.24. The number of rotatable bonds is 12. The quantitative estimate of drug-likeness (QED) is 0.179. The normalized spacial score (nSPS) is 15.5. The molecule has 6 rings (SSSR count). The van der Waals surface area contributed by atoms with Crippen molar-refractivity contribution < 1.29 is 19.2 Å². The molecule has 4 amide bonds. The zero-order valence-corrected chi connectivity index (χ0v) is 32.3. The van der Waals surface area contributed by atoms with Crippen LogP contribution in [0.3, 0.4) is 0 Å². The molecule has 0 radical (unpaired) electrons. The number of halogens is 1. The van der Waals surface area contributed by atoms with Gasteiger partial charge in [0, 0.05) is 108 Å². The minimum absolute atomic E-state index is 0.0728. The van der Waals surface area contributed by atoms with Gasteiger partial charge < -0.3 is 24.9 Å². The Hall–Kier alpha value is -5.45. The maximum Gasteiger partial charge on any atom is 0.247 e. The van der Waals surface area contributed by atoms with E-state index in [4.69, 9.17) is 11.6 Å². The molecule has 11 heteroatoms. The van der Waals surface area contributed by atoms with E-state index in [2.05, 4.69) is 27.2 Å². The molecular weight excluding hydrogens is 712 g/mol. The second-order valence-corrected chi connectivity index (χ2v) is 14.6. The molecule has 10 nitrogen and oxygen atoms in total. The van der Waals surface area contributed by atoms with Crippen LogP contribution < -0.4 is 10.2 Å². The molecule has 2 aliphatic heterocycles. The number of carbonyl (C=O) groups excluding carboxylic acids is 4. The summed E-state index contributed by atoms with van der Waals surface area (Å²) in [5.41, 5.74) is 5.57. The average Bonchev–Trinajstić information content (AvgIpc) is 3.20. The molecule has 2 heterocycles. The van der Waals surface area contributed by atoms with Crippen LogP contribution in [-0.4, -0.2) is 102 Å². The van der Waals surface area contributed by atoms with Crippen LogP contribution in [0.2, 0.25) is 5.02 Å². The summed E-state index contributed by atoms with van der Waals surface area (Å²) in [5.74, 6) is -0.410. The molecular formula is C44H49ClN6O4. The second kappa shape index (κ2) is 18.7. The van der Waals surface area contributed by atoms with E-state index in [0.717, 1.165) is 55.1 Å². The molecule has 0 saturated carbocycles. The van der Waals surface area contributed by atoms with Crippen LogP contribution in [0.25, 0.3) is 6.08 Å². The first-order chi connectivity index (χ1) is 26.6. The van der Waals surface area contributed by atoms with Crippen molar-refractivity contribution in [2.75, 3.05) is 62.6 Å². The van der Waals surface area contributed by atoms with Crippen molar-refractivity contribution >= 4 is 52.7 Å². The van der Waals surface area contributed by atoms with Gasteiger partial charge in [0.1, 0.15) is 6.04 Å². The molecule has 4 aromatic carbocycles. The minimum atomic E-state index is -0.746. The summed E-state index contributed by atoms with van der Waals surface area (Å²) in [6, 6.07) is 32.4. The van der Waals surface area contributed by atoms with Gasteiger partial charge in [0.25, 0.3) is 0 Å². The van der Waals surface area contributed by atoms with Crippen molar-refractivity contribution in [2.45, 2.75) is 39.4 Å². The van der Waals surface area contributed by atoms with Crippen LogP contribution in [-0.2, 0) is 38.7 Å². The summed E-state index contributed by atoms with van der Waals surface area (Å²) in [7, 11) is 0. The Bertz CT molecular complexity index is 1940. The van der Waals surface area contributed by atoms with Gasteiger partial charge in [-0.3, -0.25) is 24.1 Å². The van der Waals surface area contributed by atoms with Gasteiger partial charge in [-0.05, 0) is 64.7 Å². The summed E-state index contributed by atoms with van der Waals surface area (Å²) >= 11 is 6.10. The molecule has 0 spiro atoms. The average molecular weight is 761 g/mol. The lowest BCUT2D eigenvalue weighted by Gasteiger charge is -2.39. The third-order valence-corrected chi connectivity index (χ3v) is 10.5. The third kappa shape index (κ3) is 11.1. The molecule has 1 N–H and O–H groups in total. The summed E-state index contributed by atoms with van der Waals surface area (Å²) in [6.07, 6.45) is 3.65. The fourth-order valence-electron chi connectivity index (χ4n) is 7.13. The number of nitrogens with zero attached hydrogens (tertiary/aromatic N) is 5. The van der Waals surface area contributed by atoms with Gasteiger partial charge in [-0.25, -0.2) is 0 Å². The van der Waals surface area contributed by atoms with Gasteiger partial charge >= 0.3 is 0 Å². The number of nitrogens with one attached hydrogen (secondary N) is 1. The topological polar surface area (TPSA) is 96.5 Å². The standard InChI is InChI=1S/C44H49ClN6O4/c1-33(52)46-40-17-10-35(11-18-40)14-21-43(54)51(32-38-12-19-41(20-13-38)49-28-26-48(27-29-49)34(2)53)42(30-36-6-4-3-5-7-36)44(55)50-24-22-47(23-25-50)31-37-8-15-39(45)16-9-37/h3-21,42H,22-32H2,1-2H3,(H,46,52). The molecule has 0 bridgehead atoms. The Morgan fingerprint density at radius 3 is 1.95 bits per heavy atom. The van der Waals surface area contributed by atoms with Crippen LogP contribution in [0.5, 0.6) is 0 Å². The summed E-state index contributed by atoms with van der Waals surface area (Å²) in [5, 5.41) is 3.47. The Labute approximate surface area is 328 Å². The van der Waals surface area contributed by atoms with Crippen LogP contribution in [0.15, 0.2) is 109 Å². The zero-order chi connectivity index (χ0) is 38.7. The highest BCUT2D eigenvalue weighted by Crippen LogP contribution is 2.23. The lowest BCUT2D eigenvalue weighted by Crippen LogP contribution is -2.56. The van der Waals surface area contributed by atoms with E-state index in [0.29, 0.717) is 43.3 Å². The largest absolute Gasteiger partial charge is 0.368 e. The number of hydrogen-bond donors (Lipinski definition) is 1. The number of piperazine rings is 2. The van der Waals surface area contributed by atoms with E-state index in [9.17, 15) is 19.2 Å². The van der Waals surface area contributed by atoms with Crippen molar-refractivity contribution in [3.8, 4) is 0 Å². The highest BCUT2D eigenvalue weighted by atomic mass is 35.5. The molecule has 2 aliphatic rings. The van der Waals surface area contributed by atoms with Gasteiger partial charge in [-0.1, -0.05) is 78.3 Å². The van der Waals surface area contributed by atoms with Crippen molar-refractivity contribution in [3.63, 3.8) is 0 Å². The predicted molar refractivity (Wildman–Crippen MR) is 218 cm³/mol. The first kappa shape index (κ1) is 39.2. The van der Waals surface area contributed by atoms with Crippen molar-refractivity contribution in [3.05, 3.63) is 136 Å². The minimum Gasteiger partial charge on any atom is -0.368 e. The highest BCUT2D eigenvalue weighted by Gasteiger charge is 2.34. The Morgan fingerprint density at radius 2 is 1.33 bits per heavy atom. The van der Waals surface area contributed by atoms with Crippen molar-refractivity contribution in [1.82, 2.24) is 19.6 Å². The lowest BCUT2D eigenvalue weighted by molar-refractivity contribution is -0.145. The van der Waals surface area contributed by atoms with Gasteiger partial charge in [0.05, 0.1) is 0 Å². The summed E-state index contributed by atoms with van der Waals surface area (Å²) in [4.78, 5) is 62.5. The number of benzene rings is 4. The van der Waals surface area contributed by atoms with Crippen molar-refractivity contribution in [2.24, 2.45) is 0 Å². The molecule has 0 aromatic heterocycles. The molecule has 2 fully saturated rings.